The summed E-state index contributed by atoms with van der Waals surface area (Å²) in [5, 5.41) is 0.428. The molecule has 1 fully saturated rings. The smallest absolute Gasteiger partial charge is 0.150 e. The molecule has 1 unspecified atom stereocenters. The predicted molar refractivity (Wildman–Crippen MR) is 69.3 cm³/mol. The maximum absolute atomic E-state index is 11.4. The summed E-state index contributed by atoms with van der Waals surface area (Å²) >= 11 is 5.98. The number of rotatable bonds is 5. The lowest BCUT2D eigenvalue weighted by atomic mass is 10.0. The lowest BCUT2D eigenvalue weighted by molar-refractivity contribution is -0.121. The molecule has 1 atom stereocenters. The maximum Gasteiger partial charge on any atom is 0.150 e. The topological polar surface area (TPSA) is 43.4 Å². The second-order valence-electron chi connectivity index (χ2n) is 4.50. The van der Waals surface area contributed by atoms with Crippen molar-refractivity contribution >= 4 is 23.7 Å². The number of halogens is 1. The van der Waals surface area contributed by atoms with Gasteiger partial charge in [0.1, 0.15) is 17.8 Å². The molecule has 1 aromatic carbocycles. The molecular formula is C14H15ClO3. The molecule has 0 radical (unpaired) electrons. The Kier molecular flexibility index (Phi) is 4.37. The van der Waals surface area contributed by atoms with Crippen LogP contribution in [0.4, 0.5) is 0 Å². The second-order valence-corrected chi connectivity index (χ2v) is 4.91. The highest BCUT2D eigenvalue weighted by atomic mass is 35.5. The molecule has 1 saturated carbocycles. The molecule has 4 heteroatoms. The number of benzene rings is 1. The molecule has 18 heavy (non-hydrogen) atoms. The molecule has 0 saturated heterocycles. The van der Waals surface area contributed by atoms with Gasteiger partial charge in [-0.1, -0.05) is 11.6 Å². The van der Waals surface area contributed by atoms with Crippen LogP contribution in [0.25, 0.3) is 0 Å². The maximum atomic E-state index is 11.4. The third-order valence-electron chi connectivity index (χ3n) is 3.25. The molecule has 0 aliphatic heterocycles. The van der Waals surface area contributed by atoms with Crippen LogP contribution < -0.4 is 4.74 Å². The summed E-state index contributed by atoms with van der Waals surface area (Å²) in [6, 6.07) is 4.92. The highest BCUT2D eigenvalue weighted by Gasteiger charge is 2.23. The van der Waals surface area contributed by atoms with E-state index in [9.17, 15) is 9.59 Å². The number of hydrogen-bond donors (Lipinski definition) is 0. The average molecular weight is 267 g/mol. The van der Waals surface area contributed by atoms with E-state index >= 15 is 0 Å². The molecule has 1 aliphatic rings. The minimum atomic E-state index is 0.151. The normalized spacial score (nSPS) is 18.9. The Morgan fingerprint density at radius 2 is 2.28 bits per heavy atom. The summed E-state index contributed by atoms with van der Waals surface area (Å²) in [5.74, 6) is 1.06. The Hall–Kier alpha value is -1.35. The largest absolute Gasteiger partial charge is 0.492 e. The Labute approximate surface area is 111 Å². The SMILES string of the molecule is O=Cc1ccc(OCCC2CCCC2=O)c(Cl)c1. The average Bonchev–Trinajstić information content (AvgIpc) is 2.77. The predicted octanol–water partition coefficient (Wildman–Crippen LogP) is 3.29. The second kappa shape index (κ2) is 6.01. The van der Waals surface area contributed by atoms with Crippen molar-refractivity contribution in [3.8, 4) is 5.75 Å². The van der Waals surface area contributed by atoms with Crippen LogP contribution in [0, 0.1) is 5.92 Å². The number of hydrogen-bond acceptors (Lipinski definition) is 3. The van der Waals surface area contributed by atoms with E-state index < -0.39 is 0 Å². The first kappa shape index (κ1) is 13.1. The standard InChI is InChI=1S/C14H15ClO3/c15-12-8-10(9-16)4-5-14(12)18-7-6-11-2-1-3-13(11)17/h4-5,8-9,11H,1-3,6-7H2. The minimum absolute atomic E-state index is 0.151. The van der Waals surface area contributed by atoms with Gasteiger partial charge in [-0.25, -0.2) is 0 Å². The molecule has 1 aliphatic carbocycles. The monoisotopic (exact) mass is 266 g/mol. The summed E-state index contributed by atoms with van der Waals surface area (Å²) in [6.45, 7) is 0.483. The van der Waals surface area contributed by atoms with Gasteiger partial charge in [0.2, 0.25) is 0 Å². The Bertz CT molecular complexity index is 456. The lowest BCUT2D eigenvalue weighted by Crippen LogP contribution is -2.11. The van der Waals surface area contributed by atoms with Crippen LogP contribution in [-0.2, 0) is 4.79 Å². The zero-order valence-corrected chi connectivity index (χ0v) is 10.8. The van der Waals surface area contributed by atoms with Crippen molar-refractivity contribution in [2.75, 3.05) is 6.61 Å². The first-order valence-electron chi connectivity index (χ1n) is 6.11. The minimum Gasteiger partial charge on any atom is -0.492 e. The molecule has 3 nitrogen and oxygen atoms in total. The van der Waals surface area contributed by atoms with E-state index in [4.69, 9.17) is 16.3 Å². The van der Waals surface area contributed by atoms with Gasteiger partial charge in [-0.05, 0) is 37.5 Å². The fraction of sp³-hybridized carbons (Fsp3) is 0.429. The van der Waals surface area contributed by atoms with Gasteiger partial charge in [-0.3, -0.25) is 9.59 Å². The zero-order valence-electron chi connectivity index (χ0n) is 10.0. The summed E-state index contributed by atoms with van der Waals surface area (Å²) < 4.78 is 5.55. The van der Waals surface area contributed by atoms with Crippen LogP contribution in [0.2, 0.25) is 5.02 Å². The van der Waals surface area contributed by atoms with Crippen LogP contribution in [0.1, 0.15) is 36.0 Å². The van der Waals surface area contributed by atoms with Crippen molar-refractivity contribution in [1.29, 1.82) is 0 Å². The highest BCUT2D eigenvalue weighted by Crippen LogP contribution is 2.27. The molecule has 0 N–H and O–H groups in total. The Balaban J connectivity index is 1.86. The van der Waals surface area contributed by atoms with Crippen LogP contribution in [0.15, 0.2) is 18.2 Å². The third kappa shape index (κ3) is 3.10. The van der Waals surface area contributed by atoms with E-state index in [1.54, 1.807) is 18.2 Å². The van der Waals surface area contributed by atoms with E-state index in [0.717, 1.165) is 25.5 Å². The Morgan fingerprint density at radius 1 is 1.44 bits per heavy atom. The summed E-state index contributed by atoms with van der Waals surface area (Å²) in [7, 11) is 0. The fourth-order valence-electron chi connectivity index (χ4n) is 2.21. The highest BCUT2D eigenvalue weighted by molar-refractivity contribution is 6.32. The van der Waals surface area contributed by atoms with Crippen molar-refractivity contribution in [1.82, 2.24) is 0 Å². The molecule has 0 aromatic heterocycles. The van der Waals surface area contributed by atoms with Gasteiger partial charge in [0.05, 0.1) is 11.6 Å². The molecule has 2 rings (SSSR count). The number of ketones is 1. The van der Waals surface area contributed by atoms with Crippen LogP contribution in [-0.4, -0.2) is 18.7 Å². The van der Waals surface area contributed by atoms with Gasteiger partial charge in [0.25, 0.3) is 0 Å². The number of Topliss-reactive ketones (excluding diaryl/α,β-unsaturated/α-hetero) is 1. The molecule has 1 aromatic rings. The van der Waals surface area contributed by atoms with Gasteiger partial charge >= 0.3 is 0 Å². The number of carbonyl (C=O) groups is 2. The third-order valence-corrected chi connectivity index (χ3v) is 3.54. The van der Waals surface area contributed by atoms with Gasteiger partial charge in [-0.2, -0.15) is 0 Å². The summed E-state index contributed by atoms with van der Waals surface area (Å²) in [6.07, 6.45) is 4.16. The van der Waals surface area contributed by atoms with Crippen molar-refractivity contribution in [3.05, 3.63) is 28.8 Å². The van der Waals surface area contributed by atoms with Crippen LogP contribution in [0.3, 0.4) is 0 Å². The first-order chi connectivity index (χ1) is 8.70. The van der Waals surface area contributed by atoms with Crippen molar-refractivity contribution in [2.24, 2.45) is 5.92 Å². The number of aldehydes is 1. The quantitative estimate of drug-likeness (QED) is 0.768. The fourth-order valence-corrected chi connectivity index (χ4v) is 2.46. The molecule has 0 bridgehead atoms. The molecule has 0 spiro atoms. The lowest BCUT2D eigenvalue weighted by Gasteiger charge is -2.11. The summed E-state index contributed by atoms with van der Waals surface area (Å²) in [4.78, 5) is 22.0. The molecule has 96 valence electrons. The molecule has 0 heterocycles. The van der Waals surface area contributed by atoms with Gasteiger partial charge in [0, 0.05) is 17.9 Å². The van der Waals surface area contributed by atoms with E-state index in [-0.39, 0.29) is 5.92 Å². The van der Waals surface area contributed by atoms with E-state index in [1.165, 1.54) is 0 Å². The van der Waals surface area contributed by atoms with Gasteiger partial charge in [-0.15, -0.1) is 0 Å². The summed E-state index contributed by atoms with van der Waals surface area (Å²) in [5.41, 5.74) is 0.526. The van der Waals surface area contributed by atoms with Crippen LogP contribution >= 0.6 is 11.6 Å². The van der Waals surface area contributed by atoms with Crippen molar-refractivity contribution < 1.29 is 14.3 Å². The van der Waals surface area contributed by atoms with Gasteiger partial charge < -0.3 is 4.74 Å². The van der Waals surface area contributed by atoms with Crippen molar-refractivity contribution in [2.45, 2.75) is 25.7 Å². The van der Waals surface area contributed by atoms with E-state index in [0.29, 0.717) is 35.1 Å². The first-order valence-corrected chi connectivity index (χ1v) is 6.49. The number of carbonyl (C=O) groups excluding carboxylic acids is 2. The Morgan fingerprint density at radius 3 is 2.89 bits per heavy atom. The molecule has 0 amide bonds. The van der Waals surface area contributed by atoms with Gasteiger partial charge in [0.15, 0.2) is 0 Å². The van der Waals surface area contributed by atoms with Crippen molar-refractivity contribution in [3.63, 3.8) is 0 Å². The van der Waals surface area contributed by atoms with E-state index in [1.807, 2.05) is 0 Å². The zero-order chi connectivity index (χ0) is 13.0. The van der Waals surface area contributed by atoms with Crippen LogP contribution in [0.5, 0.6) is 5.75 Å². The van der Waals surface area contributed by atoms with E-state index in [2.05, 4.69) is 0 Å². The molecular weight excluding hydrogens is 252 g/mol. The number of ether oxygens (including phenoxy) is 1.